The third-order valence-electron chi connectivity index (χ3n) is 4.21. The summed E-state index contributed by atoms with van der Waals surface area (Å²) in [5.41, 5.74) is 1.07. The summed E-state index contributed by atoms with van der Waals surface area (Å²) in [6.45, 7) is 13.2. The topological polar surface area (TPSA) is 39.6 Å². The van der Waals surface area contributed by atoms with Gasteiger partial charge in [0.05, 0.1) is 17.2 Å². The number of nitrogens with zero attached hydrogens (tertiary/aromatic N) is 3. The van der Waals surface area contributed by atoms with Gasteiger partial charge in [-0.15, -0.1) is 0 Å². The van der Waals surface area contributed by atoms with Gasteiger partial charge in [-0.3, -0.25) is 4.90 Å². The summed E-state index contributed by atoms with van der Waals surface area (Å²) in [6, 6.07) is 0.674. The van der Waals surface area contributed by atoms with Crippen LogP contribution in [0.5, 0.6) is 0 Å². The van der Waals surface area contributed by atoms with E-state index < -0.39 is 0 Å². The summed E-state index contributed by atoms with van der Waals surface area (Å²) in [6.07, 6.45) is 1.21. The fraction of sp³-hybridized carbons (Fsp3) is 0.800. The molecule has 0 aliphatic carbocycles. The third-order valence-corrected chi connectivity index (χ3v) is 5.32. The van der Waals surface area contributed by atoms with E-state index in [0.29, 0.717) is 12.0 Å². The molecule has 0 amide bonds. The van der Waals surface area contributed by atoms with Crippen LogP contribution in [0.3, 0.4) is 0 Å². The Kier molecular flexibility index (Phi) is 5.41. The average Bonchev–Trinajstić information content (AvgIpc) is 2.91. The molecule has 0 radical (unpaired) electrons. The normalized spacial score (nSPS) is 18.8. The van der Waals surface area contributed by atoms with E-state index in [1.54, 1.807) is 11.3 Å². The lowest BCUT2D eigenvalue weighted by Gasteiger charge is -2.37. The highest BCUT2D eigenvalue weighted by Crippen LogP contribution is 2.31. The van der Waals surface area contributed by atoms with Crippen molar-refractivity contribution in [3.05, 3.63) is 10.6 Å². The van der Waals surface area contributed by atoms with Crippen molar-refractivity contribution < 1.29 is 5.11 Å². The largest absolute Gasteiger partial charge is 0.391 e. The number of rotatable bonds is 5. The number of aliphatic hydroxyl groups excluding tert-OH is 1. The molecule has 1 atom stereocenters. The highest BCUT2D eigenvalue weighted by molar-refractivity contribution is 7.15. The molecule has 4 nitrogen and oxygen atoms in total. The minimum absolute atomic E-state index is 0.109. The smallest absolute Gasteiger partial charge is 0.185 e. The van der Waals surface area contributed by atoms with Gasteiger partial charge in [0.25, 0.3) is 0 Å². The van der Waals surface area contributed by atoms with Gasteiger partial charge in [-0.1, -0.05) is 32.1 Å². The van der Waals surface area contributed by atoms with Gasteiger partial charge in [0, 0.05) is 32.2 Å². The maximum atomic E-state index is 9.47. The molecule has 1 fully saturated rings. The third kappa shape index (κ3) is 3.32. The van der Waals surface area contributed by atoms with Crippen LogP contribution in [0, 0.1) is 0 Å². The number of aromatic nitrogens is 1. The highest BCUT2D eigenvalue weighted by Gasteiger charge is 2.23. The molecule has 0 aromatic carbocycles. The predicted octanol–water partition coefficient (Wildman–Crippen LogP) is 2.68. The molecule has 1 aromatic heterocycles. The minimum atomic E-state index is 0.109. The Bertz CT molecular complexity index is 425. The molecule has 1 N–H and O–H groups in total. The molecule has 0 saturated carbocycles. The number of thiazole rings is 1. The zero-order valence-electron chi connectivity index (χ0n) is 13.1. The van der Waals surface area contributed by atoms with Crippen molar-refractivity contribution in [1.82, 2.24) is 9.88 Å². The van der Waals surface area contributed by atoms with Gasteiger partial charge in [0.2, 0.25) is 0 Å². The van der Waals surface area contributed by atoms with Crippen molar-refractivity contribution in [3.8, 4) is 0 Å². The van der Waals surface area contributed by atoms with E-state index in [-0.39, 0.29) is 6.61 Å². The lowest BCUT2D eigenvalue weighted by Crippen LogP contribution is -2.49. The Morgan fingerprint density at radius 2 is 1.85 bits per heavy atom. The van der Waals surface area contributed by atoms with Crippen LogP contribution < -0.4 is 4.90 Å². The molecular formula is C15H27N3OS. The van der Waals surface area contributed by atoms with E-state index in [2.05, 4.69) is 37.5 Å². The van der Waals surface area contributed by atoms with Crippen LogP contribution in [0.4, 0.5) is 5.13 Å². The number of piperazine rings is 1. The molecule has 20 heavy (non-hydrogen) atoms. The SMILES string of the molecule is CCC(C)N1CCN(c2nc(C(C)C)c(CO)s2)CC1. The number of aliphatic hydroxyl groups is 1. The second-order valence-corrected chi connectivity index (χ2v) is 6.96. The lowest BCUT2D eigenvalue weighted by molar-refractivity contribution is 0.193. The molecule has 1 aliphatic heterocycles. The summed E-state index contributed by atoms with van der Waals surface area (Å²) in [5.74, 6) is 0.378. The first kappa shape index (κ1) is 15.7. The second-order valence-electron chi connectivity index (χ2n) is 5.90. The Labute approximate surface area is 126 Å². The Morgan fingerprint density at radius 3 is 2.30 bits per heavy atom. The number of hydrogen-bond donors (Lipinski definition) is 1. The Balaban J connectivity index is 2.03. The van der Waals surface area contributed by atoms with Gasteiger partial charge < -0.3 is 10.0 Å². The molecule has 2 rings (SSSR count). The van der Waals surface area contributed by atoms with Crippen LogP contribution in [-0.2, 0) is 6.61 Å². The van der Waals surface area contributed by atoms with Gasteiger partial charge in [-0.2, -0.15) is 0 Å². The molecule has 5 heteroatoms. The minimum Gasteiger partial charge on any atom is -0.391 e. The second kappa shape index (κ2) is 6.87. The zero-order chi connectivity index (χ0) is 14.7. The molecule has 1 aliphatic rings. The maximum Gasteiger partial charge on any atom is 0.185 e. The molecule has 2 heterocycles. The molecular weight excluding hydrogens is 270 g/mol. The van der Waals surface area contributed by atoms with Crippen LogP contribution in [0.15, 0.2) is 0 Å². The molecule has 1 saturated heterocycles. The van der Waals surface area contributed by atoms with Crippen molar-refractivity contribution in [1.29, 1.82) is 0 Å². The van der Waals surface area contributed by atoms with Crippen molar-refractivity contribution in [2.75, 3.05) is 31.1 Å². The first-order valence-electron chi connectivity index (χ1n) is 7.66. The summed E-state index contributed by atoms with van der Waals surface area (Å²) >= 11 is 1.66. The molecule has 1 unspecified atom stereocenters. The summed E-state index contributed by atoms with van der Waals surface area (Å²) in [4.78, 5) is 10.7. The van der Waals surface area contributed by atoms with Crippen LogP contribution in [0.25, 0.3) is 0 Å². The van der Waals surface area contributed by atoms with Gasteiger partial charge >= 0.3 is 0 Å². The summed E-state index contributed by atoms with van der Waals surface area (Å²) in [7, 11) is 0. The Morgan fingerprint density at radius 1 is 1.20 bits per heavy atom. The van der Waals surface area contributed by atoms with E-state index in [1.165, 1.54) is 6.42 Å². The summed E-state index contributed by atoms with van der Waals surface area (Å²) < 4.78 is 0. The monoisotopic (exact) mass is 297 g/mol. The van der Waals surface area contributed by atoms with Crippen LogP contribution in [-0.4, -0.2) is 47.2 Å². The van der Waals surface area contributed by atoms with Crippen molar-refractivity contribution >= 4 is 16.5 Å². The number of hydrogen-bond acceptors (Lipinski definition) is 5. The van der Waals surface area contributed by atoms with Crippen LogP contribution in [0.2, 0.25) is 0 Å². The highest BCUT2D eigenvalue weighted by atomic mass is 32.1. The van der Waals surface area contributed by atoms with Crippen LogP contribution in [0.1, 0.15) is 50.6 Å². The standard InChI is InChI=1S/C15H27N3OS/c1-5-12(4)17-6-8-18(9-7-17)15-16-14(11(2)3)13(10-19)20-15/h11-12,19H,5-10H2,1-4H3. The van der Waals surface area contributed by atoms with Crippen molar-refractivity contribution in [2.45, 2.75) is 52.7 Å². The number of anilines is 1. The van der Waals surface area contributed by atoms with E-state index in [0.717, 1.165) is 41.9 Å². The first-order chi connectivity index (χ1) is 9.56. The van der Waals surface area contributed by atoms with Gasteiger partial charge in [0.1, 0.15) is 0 Å². The van der Waals surface area contributed by atoms with E-state index in [1.807, 2.05) is 0 Å². The molecule has 0 spiro atoms. The average molecular weight is 297 g/mol. The Hall–Kier alpha value is -0.650. The van der Waals surface area contributed by atoms with Crippen molar-refractivity contribution in [2.24, 2.45) is 0 Å². The lowest BCUT2D eigenvalue weighted by atomic mass is 10.1. The fourth-order valence-electron chi connectivity index (χ4n) is 2.66. The van der Waals surface area contributed by atoms with Gasteiger partial charge in [0.15, 0.2) is 5.13 Å². The van der Waals surface area contributed by atoms with Crippen LogP contribution >= 0.6 is 11.3 Å². The maximum absolute atomic E-state index is 9.47. The van der Waals surface area contributed by atoms with Gasteiger partial charge in [-0.25, -0.2) is 4.98 Å². The molecule has 1 aromatic rings. The quantitative estimate of drug-likeness (QED) is 0.907. The molecule has 114 valence electrons. The van der Waals surface area contributed by atoms with E-state index >= 15 is 0 Å². The van der Waals surface area contributed by atoms with Crippen molar-refractivity contribution in [3.63, 3.8) is 0 Å². The fourth-order valence-corrected chi connectivity index (χ4v) is 3.79. The first-order valence-corrected chi connectivity index (χ1v) is 8.47. The van der Waals surface area contributed by atoms with Gasteiger partial charge in [-0.05, 0) is 19.3 Å². The zero-order valence-corrected chi connectivity index (χ0v) is 13.9. The summed E-state index contributed by atoms with van der Waals surface area (Å²) in [5, 5.41) is 10.6. The molecule has 0 bridgehead atoms. The predicted molar refractivity (Wildman–Crippen MR) is 85.7 cm³/mol. The van der Waals surface area contributed by atoms with E-state index in [9.17, 15) is 5.11 Å². The van der Waals surface area contributed by atoms with E-state index in [4.69, 9.17) is 4.98 Å².